The van der Waals surface area contributed by atoms with Crippen LogP contribution in [0, 0.1) is 11.3 Å². The first-order chi connectivity index (χ1) is 15.5. The van der Waals surface area contributed by atoms with Gasteiger partial charge in [-0.15, -0.1) is 0 Å². The van der Waals surface area contributed by atoms with Gasteiger partial charge in [0.05, 0.1) is 12.8 Å². The Kier molecular flexibility index (Phi) is 5.68. The molecule has 0 radical (unpaired) electrons. The van der Waals surface area contributed by atoms with Crippen LogP contribution < -0.4 is 20.5 Å². The smallest absolute Gasteiger partial charge is 0.222 e. The molecule has 0 aliphatic rings. The number of nitriles is 1. The van der Waals surface area contributed by atoms with E-state index < -0.39 is 0 Å². The summed E-state index contributed by atoms with van der Waals surface area (Å²) in [7, 11) is 1.48. The van der Waals surface area contributed by atoms with Gasteiger partial charge in [0.1, 0.15) is 29.1 Å². The lowest BCUT2D eigenvalue weighted by molar-refractivity contribution is 0.373. The summed E-state index contributed by atoms with van der Waals surface area (Å²) in [5.74, 6) is 2.10. The van der Waals surface area contributed by atoms with E-state index in [0.29, 0.717) is 28.8 Å². The number of pyridine rings is 1. The van der Waals surface area contributed by atoms with Crippen molar-refractivity contribution < 1.29 is 14.6 Å². The first kappa shape index (κ1) is 20.4. The average molecular weight is 426 g/mol. The van der Waals surface area contributed by atoms with Crippen LogP contribution in [0.4, 0.5) is 17.5 Å². The number of anilines is 3. The zero-order valence-electron chi connectivity index (χ0n) is 17.0. The molecule has 9 nitrogen and oxygen atoms in total. The molecule has 4 N–H and O–H groups in total. The summed E-state index contributed by atoms with van der Waals surface area (Å²) in [6.45, 7) is 0. The van der Waals surface area contributed by atoms with E-state index in [-0.39, 0.29) is 17.4 Å². The first-order valence-electron chi connectivity index (χ1n) is 9.47. The average Bonchev–Trinajstić information content (AvgIpc) is 2.80. The molecule has 4 aromatic rings. The summed E-state index contributed by atoms with van der Waals surface area (Å²) >= 11 is 0. The number of nitrogens with zero attached hydrogens (tertiary/aromatic N) is 4. The fourth-order valence-corrected chi connectivity index (χ4v) is 2.94. The molecule has 0 saturated heterocycles. The number of nitrogens with one attached hydrogen (secondary N) is 1. The second-order valence-electron chi connectivity index (χ2n) is 6.62. The highest BCUT2D eigenvalue weighted by Crippen LogP contribution is 2.32. The van der Waals surface area contributed by atoms with E-state index in [0.717, 1.165) is 11.3 Å². The van der Waals surface area contributed by atoms with Crippen molar-refractivity contribution >= 4 is 17.5 Å². The molecule has 32 heavy (non-hydrogen) atoms. The lowest BCUT2D eigenvalue weighted by Crippen LogP contribution is -2.01. The van der Waals surface area contributed by atoms with Crippen LogP contribution in [0.2, 0.25) is 0 Å². The molecule has 9 heteroatoms. The monoisotopic (exact) mass is 426 g/mol. The van der Waals surface area contributed by atoms with Gasteiger partial charge < -0.3 is 25.6 Å². The zero-order valence-corrected chi connectivity index (χ0v) is 17.0. The Morgan fingerprint density at radius 3 is 2.56 bits per heavy atom. The van der Waals surface area contributed by atoms with Gasteiger partial charge in [0, 0.05) is 29.6 Å². The van der Waals surface area contributed by atoms with Gasteiger partial charge in [-0.05, 0) is 48.5 Å². The second-order valence-corrected chi connectivity index (χ2v) is 6.62. The van der Waals surface area contributed by atoms with Gasteiger partial charge >= 0.3 is 0 Å². The van der Waals surface area contributed by atoms with Crippen LogP contribution in [0.1, 0.15) is 5.69 Å². The minimum atomic E-state index is 0.0366. The molecule has 0 fully saturated rings. The predicted octanol–water partition coefficient (Wildman–Crippen LogP) is 4.24. The Morgan fingerprint density at radius 2 is 1.81 bits per heavy atom. The topological polar surface area (TPSA) is 139 Å². The zero-order chi connectivity index (χ0) is 22.5. The summed E-state index contributed by atoms with van der Waals surface area (Å²) in [6.07, 6.45) is 1.52. The van der Waals surface area contributed by atoms with E-state index in [1.54, 1.807) is 42.5 Å². The van der Waals surface area contributed by atoms with Gasteiger partial charge in [-0.1, -0.05) is 0 Å². The first-order valence-corrected chi connectivity index (χ1v) is 9.47. The number of benzene rings is 2. The number of aromatic nitrogens is 3. The second kappa shape index (κ2) is 8.89. The lowest BCUT2D eigenvalue weighted by Gasteiger charge is -2.11. The van der Waals surface area contributed by atoms with Crippen molar-refractivity contribution in [1.82, 2.24) is 15.0 Å². The molecule has 2 aromatic heterocycles. The van der Waals surface area contributed by atoms with E-state index in [9.17, 15) is 5.11 Å². The third-order valence-electron chi connectivity index (χ3n) is 4.43. The molecule has 0 saturated carbocycles. The Balaban J connectivity index is 1.52. The number of phenols is 1. The Labute approximate surface area is 183 Å². The van der Waals surface area contributed by atoms with Crippen molar-refractivity contribution in [3.8, 4) is 40.3 Å². The van der Waals surface area contributed by atoms with E-state index >= 15 is 0 Å². The number of methoxy groups -OCH3 is 1. The summed E-state index contributed by atoms with van der Waals surface area (Å²) in [5.41, 5.74) is 8.23. The Morgan fingerprint density at radius 1 is 1.00 bits per heavy atom. The standard InChI is InChI=1S/C23H18N6O3/c1-31-21-10-14(2-7-20(21)30)19-12-22(29-23(25)28-19)27-15-3-5-17(6-4-15)32-18-8-9-26-16(11-18)13-24/h2-12,30H,1H3,(H3,25,27,28,29). The maximum absolute atomic E-state index is 9.81. The minimum absolute atomic E-state index is 0.0366. The van der Waals surface area contributed by atoms with E-state index in [1.165, 1.54) is 19.4 Å². The molecular formula is C23H18N6O3. The SMILES string of the molecule is COc1cc(-c2cc(Nc3ccc(Oc4ccnc(C#N)c4)cc3)nc(N)n2)ccc1O. The fraction of sp³-hybridized carbons (Fsp3) is 0.0435. The number of phenolic OH excluding ortho intramolecular Hbond substituents is 1. The number of aromatic hydroxyl groups is 1. The highest BCUT2D eigenvalue weighted by molar-refractivity contribution is 5.69. The summed E-state index contributed by atoms with van der Waals surface area (Å²) in [6, 6.07) is 19.1. The molecule has 2 heterocycles. The lowest BCUT2D eigenvalue weighted by atomic mass is 10.1. The molecule has 0 aliphatic heterocycles. The van der Waals surface area contributed by atoms with Crippen LogP contribution in [0.15, 0.2) is 66.9 Å². The normalized spacial score (nSPS) is 10.2. The fourth-order valence-electron chi connectivity index (χ4n) is 2.94. The van der Waals surface area contributed by atoms with Crippen molar-refractivity contribution in [2.75, 3.05) is 18.2 Å². The largest absolute Gasteiger partial charge is 0.504 e. The van der Waals surface area contributed by atoms with Gasteiger partial charge in [-0.3, -0.25) is 0 Å². The molecule has 4 rings (SSSR count). The van der Waals surface area contributed by atoms with Crippen LogP contribution in [0.25, 0.3) is 11.3 Å². The van der Waals surface area contributed by atoms with Gasteiger partial charge in [-0.25, -0.2) is 9.97 Å². The molecule has 0 aliphatic carbocycles. The molecule has 0 unspecified atom stereocenters. The van der Waals surface area contributed by atoms with Crippen LogP contribution >= 0.6 is 0 Å². The molecule has 158 valence electrons. The Hall–Kier alpha value is -4.84. The van der Waals surface area contributed by atoms with Crippen molar-refractivity contribution in [2.24, 2.45) is 0 Å². The van der Waals surface area contributed by atoms with E-state index in [2.05, 4.69) is 20.3 Å². The van der Waals surface area contributed by atoms with Crippen molar-refractivity contribution in [3.63, 3.8) is 0 Å². The van der Waals surface area contributed by atoms with E-state index in [4.69, 9.17) is 20.5 Å². The van der Waals surface area contributed by atoms with Gasteiger partial charge in [0.2, 0.25) is 5.95 Å². The maximum atomic E-state index is 9.81. The van der Waals surface area contributed by atoms with Crippen molar-refractivity contribution in [2.45, 2.75) is 0 Å². The van der Waals surface area contributed by atoms with Crippen LogP contribution in [-0.4, -0.2) is 27.2 Å². The maximum Gasteiger partial charge on any atom is 0.222 e. The number of nitrogen functional groups attached to an aromatic ring is 1. The van der Waals surface area contributed by atoms with Crippen molar-refractivity contribution in [1.29, 1.82) is 5.26 Å². The molecule has 0 spiro atoms. The Bertz CT molecular complexity index is 1300. The quantitative estimate of drug-likeness (QED) is 0.413. The van der Waals surface area contributed by atoms with Gasteiger partial charge in [0.25, 0.3) is 0 Å². The number of hydrogen-bond donors (Lipinski definition) is 3. The number of rotatable bonds is 6. The van der Waals surface area contributed by atoms with Crippen LogP contribution in [-0.2, 0) is 0 Å². The molecule has 2 aromatic carbocycles. The van der Waals surface area contributed by atoms with E-state index in [1.807, 2.05) is 18.2 Å². The number of hydrogen-bond acceptors (Lipinski definition) is 9. The third kappa shape index (κ3) is 4.66. The summed E-state index contributed by atoms with van der Waals surface area (Å²) < 4.78 is 10.9. The molecule has 0 amide bonds. The van der Waals surface area contributed by atoms with Crippen LogP contribution in [0.5, 0.6) is 23.0 Å². The highest BCUT2D eigenvalue weighted by atomic mass is 16.5. The number of ether oxygens (including phenoxy) is 2. The summed E-state index contributed by atoms with van der Waals surface area (Å²) in [4.78, 5) is 12.4. The van der Waals surface area contributed by atoms with Gasteiger partial charge in [0.15, 0.2) is 11.5 Å². The van der Waals surface area contributed by atoms with Crippen molar-refractivity contribution in [3.05, 3.63) is 72.6 Å². The number of nitrogens with two attached hydrogens (primary N) is 1. The minimum Gasteiger partial charge on any atom is -0.504 e. The van der Waals surface area contributed by atoms with Crippen LogP contribution in [0.3, 0.4) is 0 Å². The molecule has 0 atom stereocenters. The molecule has 0 bridgehead atoms. The molecular weight excluding hydrogens is 408 g/mol. The summed E-state index contributed by atoms with van der Waals surface area (Å²) in [5, 5.41) is 21.9. The third-order valence-corrected chi connectivity index (χ3v) is 4.43. The highest BCUT2D eigenvalue weighted by Gasteiger charge is 2.09. The van der Waals surface area contributed by atoms with Gasteiger partial charge in [-0.2, -0.15) is 10.2 Å². The predicted molar refractivity (Wildman–Crippen MR) is 119 cm³/mol.